The van der Waals surface area contributed by atoms with Crippen LogP contribution < -0.4 is 9.47 Å². The zero-order valence-corrected chi connectivity index (χ0v) is 10.9. The van der Waals surface area contributed by atoms with Crippen LogP contribution in [0.1, 0.15) is 11.5 Å². The average Bonchev–Trinajstić information content (AvgIpc) is 2.63. The summed E-state index contributed by atoms with van der Waals surface area (Å²) in [5.74, 6) is 2.01. The molecule has 1 aromatic carbocycles. The molecule has 1 aliphatic carbocycles. The molecule has 0 amide bonds. The highest BCUT2D eigenvalue weighted by Gasteiger charge is 2.37. The topological polar surface area (TPSA) is 18.5 Å². The summed E-state index contributed by atoms with van der Waals surface area (Å²) in [7, 11) is 0. The Morgan fingerprint density at radius 2 is 2.00 bits per heavy atom. The van der Waals surface area contributed by atoms with E-state index in [1.807, 2.05) is 12.1 Å². The zero-order chi connectivity index (χ0) is 10.5. The average molecular weight is 332 g/mol. The molecule has 2 aliphatic rings. The molecule has 0 bridgehead atoms. The van der Waals surface area contributed by atoms with Crippen LogP contribution in [0.15, 0.2) is 30.4 Å². The molecule has 0 N–H and O–H groups in total. The van der Waals surface area contributed by atoms with Crippen molar-refractivity contribution in [2.45, 2.75) is 9.15 Å². The van der Waals surface area contributed by atoms with Crippen molar-refractivity contribution in [2.75, 3.05) is 6.79 Å². The molecule has 0 spiro atoms. The van der Waals surface area contributed by atoms with Gasteiger partial charge in [-0.15, -0.1) is 0 Å². The third kappa shape index (κ3) is 1.51. The zero-order valence-electron chi connectivity index (χ0n) is 7.74. The van der Waals surface area contributed by atoms with Gasteiger partial charge in [0.25, 0.3) is 0 Å². The van der Waals surface area contributed by atoms with Gasteiger partial charge in [0.2, 0.25) is 6.79 Å². The summed E-state index contributed by atoms with van der Waals surface area (Å²) in [5, 5.41) is 0. The lowest BCUT2D eigenvalue weighted by molar-refractivity contribution is 0.174. The Bertz CT molecular complexity index is 440. The van der Waals surface area contributed by atoms with E-state index in [1.165, 1.54) is 5.56 Å². The molecule has 0 radical (unpaired) electrons. The molecule has 15 heavy (non-hydrogen) atoms. The molecule has 0 saturated heterocycles. The van der Waals surface area contributed by atoms with Gasteiger partial charge in [-0.2, -0.15) is 0 Å². The first-order chi connectivity index (χ1) is 7.17. The second kappa shape index (κ2) is 3.25. The SMILES string of the molecule is BrC1(Br)C=CC1c1ccc2c(c1)OCO2. The molecule has 3 rings (SSSR count). The fraction of sp³-hybridized carbons (Fsp3) is 0.273. The molecular formula is C11H8Br2O2. The van der Waals surface area contributed by atoms with Crippen molar-refractivity contribution in [1.29, 1.82) is 0 Å². The van der Waals surface area contributed by atoms with Gasteiger partial charge >= 0.3 is 0 Å². The summed E-state index contributed by atoms with van der Waals surface area (Å²) < 4.78 is 10.5. The van der Waals surface area contributed by atoms with E-state index in [-0.39, 0.29) is 3.23 Å². The number of hydrogen-bond acceptors (Lipinski definition) is 2. The van der Waals surface area contributed by atoms with Crippen molar-refractivity contribution in [1.82, 2.24) is 0 Å². The van der Waals surface area contributed by atoms with E-state index >= 15 is 0 Å². The third-order valence-electron chi connectivity index (χ3n) is 2.68. The number of rotatable bonds is 1. The van der Waals surface area contributed by atoms with Crippen LogP contribution in [0, 0.1) is 0 Å². The minimum Gasteiger partial charge on any atom is -0.454 e. The van der Waals surface area contributed by atoms with Crippen molar-refractivity contribution in [2.24, 2.45) is 0 Å². The van der Waals surface area contributed by atoms with Gasteiger partial charge in [0, 0.05) is 5.92 Å². The number of benzene rings is 1. The van der Waals surface area contributed by atoms with E-state index in [1.54, 1.807) is 0 Å². The molecule has 0 saturated carbocycles. The van der Waals surface area contributed by atoms with Crippen LogP contribution in [0.4, 0.5) is 0 Å². The first-order valence-electron chi connectivity index (χ1n) is 4.63. The fourth-order valence-electron chi connectivity index (χ4n) is 1.78. The summed E-state index contributed by atoms with van der Waals surface area (Å²) in [6, 6.07) is 6.06. The maximum Gasteiger partial charge on any atom is 0.231 e. The molecule has 1 atom stereocenters. The molecule has 1 heterocycles. The highest BCUT2D eigenvalue weighted by Crippen LogP contribution is 2.51. The number of halogens is 2. The van der Waals surface area contributed by atoms with Crippen molar-refractivity contribution in [3.63, 3.8) is 0 Å². The highest BCUT2D eigenvalue weighted by atomic mass is 79.9. The maximum absolute atomic E-state index is 5.35. The van der Waals surface area contributed by atoms with Crippen LogP contribution in [-0.2, 0) is 0 Å². The number of allylic oxidation sites excluding steroid dienone is 2. The van der Waals surface area contributed by atoms with Gasteiger partial charge in [-0.1, -0.05) is 50.1 Å². The van der Waals surface area contributed by atoms with Gasteiger partial charge in [0.05, 0.1) is 0 Å². The molecule has 0 fully saturated rings. The molecule has 78 valence electrons. The summed E-state index contributed by atoms with van der Waals surface area (Å²) in [6.07, 6.45) is 4.24. The Morgan fingerprint density at radius 1 is 1.20 bits per heavy atom. The van der Waals surface area contributed by atoms with E-state index in [2.05, 4.69) is 50.1 Å². The van der Waals surface area contributed by atoms with Gasteiger partial charge in [0.1, 0.15) is 3.23 Å². The molecule has 1 unspecified atom stereocenters. The van der Waals surface area contributed by atoms with Gasteiger partial charge in [-0.3, -0.25) is 0 Å². The van der Waals surface area contributed by atoms with E-state index in [9.17, 15) is 0 Å². The lowest BCUT2D eigenvalue weighted by atomic mass is 9.87. The largest absolute Gasteiger partial charge is 0.454 e. The van der Waals surface area contributed by atoms with Crippen LogP contribution in [0.5, 0.6) is 11.5 Å². The van der Waals surface area contributed by atoms with E-state index < -0.39 is 0 Å². The molecule has 1 aromatic rings. The van der Waals surface area contributed by atoms with Gasteiger partial charge in [0.15, 0.2) is 11.5 Å². The Morgan fingerprint density at radius 3 is 2.67 bits per heavy atom. The lowest BCUT2D eigenvalue weighted by Crippen LogP contribution is -2.26. The van der Waals surface area contributed by atoms with Crippen LogP contribution >= 0.6 is 31.9 Å². The number of alkyl halides is 2. The van der Waals surface area contributed by atoms with E-state index in [0.29, 0.717) is 12.7 Å². The molecule has 4 heteroatoms. The fourth-order valence-corrected chi connectivity index (χ4v) is 2.92. The van der Waals surface area contributed by atoms with Crippen molar-refractivity contribution >= 4 is 31.9 Å². The maximum atomic E-state index is 5.35. The van der Waals surface area contributed by atoms with E-state index in [4.69, 9.17) is 9.47 Å². The van der Waals surface area contributed by atoms with Crippen molar-refractivity contribution in [3.8, 4) is 11.5 Å². The van der Waals surface area contributed by atoms with Crippen molar-refractivity contribution in [3.05, 3.63) is 35.9 Å². The number of hydrogen-bond donors (Lipinski definition) is 0. The van der Waals surface area contributed by atoms with E-state index in [0.717, 1.165) is 11.5 Å². The summed E-state index contributed by atoms with van der Waals surface area (Å²) >= 11 is 7.21. The second-order valence-electron chi connectivity index (χ2n) is 3.62. The highest BCUT2D eigenvalue weighted by molar-refractivity contribution is 9.25. The Labute approximate surface area is 105 Å². The molecule has 2 nitrogen and oxygen atoms in total. The van der Waals surface area contributed by atoms with Crippen LogP contribution in [0.3, 0.4) is 0 Å². The Hall–Kier alpha value is -0.480. The van der Waals surface area contributed by atoms with Gasteiger partial charge < -0.3 is 9.47 Å². The summed E-state index contributed by atoms with van der Waals surface area (Å²) in [5.41, 5.74) is 1.22. The molecular weight excluding hydrogens is 324 g/mol. The minimum atomic E-state index is -0.103. The molecule has 0 aromatic heterocycles. The Balaban J connectivity index is 1.98. The monoisotopic (exact) mass is 330 g/mol. The van der Waals surface area contributed by atoms with Crippen LogP contribution in [0.25, 0.3) is 0 Å². The Kier molecular flexibility index (Phi) is 2.11. The minimum absolute atomic E-state index is 0.103. The third-order valence-corrected chi connectivity index (χ3v) is 4.20. The number of ether oxygens (including phenoxy) is 2. The van der Waals surface area contributed by atoms with Crippen LogP contribution in [-0.4, -0.2) is 10.0 Å². The second-order valence-corrected chi connectivity index (χ2v) is 7.31. The van der Waals surface area contributed by atoms with Crippen molar-refractivity contribution < 1.29 is 9.47 Å². The van der Waals surface area contributed by atoms with Crippen LogP contribution in [0.2, 0.25) is 0 Å². The number of fused-ring (bicyclic) bond motifs is 1. The quantitative estimate of drug-likeness (QED) is 0.578. The summed E-state index contributed by atoms with van der Waals surface area (Å²) in [6.45, 7) is 0.326. The first-order valence-corrected chi connectivity index (χ1v) is 6.22. The smallest absolute Gasteiger partial charge is 0.231 e. The predicted molar refractivity (Wildman–Crippen MR) is 65.0 cm³/mol. The first kappa shape index (κ1) is 9.73. The van der Waals surface area contributed by atoms with Gasteiger partial charge in [-0.05, 0) is 17.7 Å². The predicted octanol–water partition coefficient (Wildman–Crippen LogP) is 3.55. The van der Waals surface area contributed by atoms with Gasteiger partial charge in [-0.25, -0.2) is 0 Å². The molecule has 1 aliphatic heterocycles. The lowest BCUT2D eigenvalue weighted by Gasteiger charge is -2.33. The summed E-state index contributed by atoms with van der Waals surface area (Å²) in [4.78, 5) is 0. The standard InChI is InChI=1S/C11H8Br2O2/c12-11(13)4-3-8(11)7-1-2-9-10(5-7)15-6-14-9/h1-5,8H,6H2. The normalized spacial score (nSPS) is 25.1.